The molecule has 0 atom stereocenters. The number of nitrogens with zero attached hydrogens (tertiary/aromatic N) is 4. The summed E-state index contributed by atoms with van der Waals surface area (Å²) in [4.78, 5) is 8.38. The van der Waals surface area contributed by atoms with Crippen molar-refractivity contribution >= 4 is 43.1 Å². The summed E-state index contributed by atoms with van der Waals surface area (Å²) >= 11 is 0. The van der Waals surface area contributed by atoms with E-state index in [0.29, 0.717) is 10.7 Å². The molecule has 0 aliphatic heterocycles. The molecule has 0 N–H and O–H groups in total. The zero-order valence-electron chi connectivity index (χ0n) is 20.8. The van der Waals surface area contributed by atoms with Crippen molar-refractivity contribution in [1.29, 1.82) is 10.5 Å². The predicted molar refractivity (Wildman–Crippen MR) is 152 cm³/mol. The Morgan fingerprint density at radius 2 is 0.825 bits per heavy atom. The molecule has 4 nitrogen and oxygen atoms in total. The monoisotopic (exact) mass is 518 g/mol. The van der Waals surface area contributed by atoms with E-state index in [-0.39, 0.29) is 11.6 Å². The Labute approximate surface area is 226 Å². The first-order valence-corrected chi connectivity index (χ1v) is 12.5. The van der Waals surface area contributed by atoms with Crippen molar-refractivity contribution in [3.63, 3.8) is 0 Å². The van der Waals surface area contributed by atoms with Crippen molar-refractivity contribution in [2.24, 2.45) is 9.98 Å². The highest BCUT2D eigenvalue weighted by atomic mass is 19.1. The number of hydrogen-bond donors (Lipinski definition) is 0. The highest BCUT2D eigenvalue weighted by molar-refractivity contribution is 6.21. The van der Waals surface area contributed by atoms with E-state index in [1.807, 2.05) is 73.0 Å². The van der Waals surface area contributed by atoms with Gasteiger partial charge in [0.15, 0.2) is 0 Å². The molecule has 0 heterocycles. The van der Waals surface area contributed by atoms with Gasteiger partial charge in [0.1, 0.15) is 11.6 Å². The normalized spacial score (nSPS) is 12.5. The fraction of sp³-hybridized carbons (Fsp3) is 0. The van der Waals surface area contributed by atoms with Crippen LogP contribution in [0.5, 0.6) is 0 Å². The van der Waals surface area contributed by atoms with Crippen LogP contribution < -0.4 is 10.7 Å². The van der Waals surface area contributed by atoms with Crippen molar-refractivity contribution in [2.45, 2.75) is 0 Å². The molecule has 0 fully saturated rings. The molecular formula is C34H16F2N4. The second kappa shape index (κ2) is 8.94. The Bertz CT molecular complexity index is 2210. The first kappa shape index (κ1) is 23.4. The van der Waals surface area contributed by atoms with Crippen molar-refractivity contribution in [3.8, 4) is 34.6 Å². The standard InChI is InChI=1S/C34H16F2N4/c35-23-5-1-3-19(11-23)21-7-9-25-27-15-32-28(16-31(27)33(39-17-37)29(25)13-21)26-10-8-22(14-30(26)34(32)40-18-38)20-4-2-6-24(36)12-20/h1-16H. The zero-order chi connectivity index (χ0) is 27.4. The van der Waals surface area contributed by atoms with Crippen LogP contribution in [-0.4, -0.2) is 0 Å². The minimum atomic E-state index is -0.327. The average molecular weight is 519 g/mol. The number of halogens is 2. The molecule has 186 valence electrons. The lowest BCUT2D eigenvalue weighted by atomic mass is 10.0. The van der Waals surface area contributed by atoms with Gasteiger partial charge in [0.25, 0.3) is 0 Å². The summed E-state index contributed by atoms with van der Waals surface area (Å²) in [5.74, 6) is -0.653. The molecule has 0 saturated carbocycles. The van der Waals surface area contributed by atoms with Crippen LogP contribution in [0.25, 0.3) is 65.3 Å². The van der Waals surface area contributed by atoms with Crippen molar-refractivity contribution in [3.05, 3.63) is 119 Å². The van der Waals surface area contributed by atoms with Gasteiger partial charge in [0.2, 0.25) is 12.4 Å². The molecule has 0 radical (unpaired) electrons. The van der Waals surface area contributed by atoms with E-state index in [1.54, 1.807) is 12.1 Å². The van der Waals surface area contributed by atoms with Gasteiger partial charge in [0, 0.05) is 21.5 Å². The van der Waals surface area contributed by atoms with Crippen molar-refractivity contribution < 1.29 is 8.78 Å². The van der Waals surface area contributed by atoms with E-state index in [0.717, 1.165) is 65.3 Å². The van der Waals surface area contributed by atoms with E-state index in [1.165, 1.54) is 24.3 Å². The smallest absolute Gasteiger partial charge is 0.206 e. The lowest BCUT2D eigenvalue weighted by Crippen LogP contribution is -1.99. The Morgan fingerprint density at radius 3 is 1.23 bits per heavy atom. The highest BCUT2D eigenvalue weighted by Crippen LogP contribution is 2.35. The second-order valence-corrected chi connectivity index (χ2v) is 9.61. The van der Waals surface area contributed by atoms with E-state index in [2.05, 4.69) is 9.98 Å². The van der Waals surface area contributed by atoms with Crippen LogP contribution in [0.2, 0.25) is 0 Å². The van der Waals surface area contributed by atoms with E-state index in [4.69, 9.17) is 0 Å². The summed E-state index contributed by atoms with van der Waals surface area (Å²) in [6.07, 6.45) is 3.87. The van der Waals surface area contributed by atoms with Gasteiger partial charge in [-0.3, -0.25) is 0 Å². The highest BCUT2D eigenvalue weighted by Gasteiger charge is 2.16. The number of fused-ring (bicyclic) bond motifs is 6. The third-order valence-electron chi connectivity index (χ3n) is 7.44. The molecule has 0 saturated heterocycles. The summed E-state index contributed by atoms with van der Waals surface area (Å²) in [7, 11) is 0. The number of rotatable bonds is 2. The largest absolute Gasteiger partial charge is 0.207 e. The molecule has 0 bridgehead atoms. The summed E-state index contributed by atoms with van der Waals surface area (Å²) in [5, 5.41) is 26.9. The third kappa shape index (κ3) is 3.55. The van der Waals surface area contributed by atoms with Crippen LogP contribution in [0.1, 0.15) is 0 Å². The van der Waals surface area contributed by atoms with Gasteiger partial charge in [-0.05, 0) is 92.3 Å². The molecule has 7 aromatic carbocycles. The fourth-order valence-corrected chi connectivity index (χ4v) is 5.71. The first-order chi connectivity index (χ1) is 19.6. The first-order valence-electron chi connectivity index (χ1n) is 12.5. The molecule has 0 aliphatic carbocycles. The molecule has 7 aromatic rings. The Morgan fingerprint density at radius 1 is 0.425 bits per heavy atom. The number of benzene rings is 5. The van der Waals surface area contributed by atoms with E-state index < -0.39 is 0 Å². The van der Waals surface area contributed by atoms with Crippen molar-refractivity contribution in [2.75, 3.05) is 0 Å². The molecule has 0 aliphatic rings. The molecule has 7 rings (SSSR count). The average Bonchev–Trinajstić information content (AvgIpc) is 3.43. The molecule has 0 amide bonds. The fourth-order valence-electron chi connectivity index (χ4n) is 5.71. The van der Waals surface area contributed by atoms with Crippen LogP contribution >= 0.6 is 0 Å². The summed E-state index contributed by atoms with van der Waals surface area (Å²) in [6, 6.07) is 28.3. The van der Waals surface area contributed by atoms with E-state index in [9.17, 15) is 19.3 Å². The lowest BCUT2D eigenvalue weighted by Gasteiger charge is -2.02. The minimum Gasteiger partial charge on any atom is -0.207 e. The molecule has 0 aromatic heterocycles. The number of nitriles is 2. The molecule has 0 unspecified atom stereocenters. The maximum Gasteiger partial charge on any atom is 0.206 e. The van der Waals surface area contributed by atoms with Crippen LogP contribution in [0, 0.1) is 34.5 Å². The van der Waals surface area contributed by atoms with Gasteiger partial charge >= 0.3 is 0 Å². The quantitative estimate of drug-likeness (QED) is 0.222. The van der Waals surface area contributed by atoms with Crippen LogP contribution in [0.3, 0.4) is 0 Å². The van der Waals surface area contributed by atoms with Crippen LogP contribution in [0.15, 0.2) is 107 Å². The molecular weight excluding hydrogens is 502 g/mol. The third-order valence-corrected chi connectivity index (χ3v) is 7.44. The minimum absolute atomic E-state index is 0.327. The SMILES string of the molecule is N#CN=c1c2cc(-c3cccc(F)c3)ccc2c2cc3c(=NC#N)c4cc(-c5cccc(F)c5)ccc4c3cc12. The zero-order valence-corrected chi connectivity index (χ0v) is 20.8. The van der Waals surface area contributed by atoms with Crippen LogP contribution in [-0.2, 0) is 0 Å². The summed E-state index contributed by atoms with van der Waals surface area (Å²) in [5.41, 5.74) is 3.07. The summed E-state index contributed by atoms with van der Waals surface area (Å²) < 4.78 is 27.8. The molecule has 40 heavy (non-hydrogen) atoms. The maximum atomic E-state index is 13.9. The molecule has 0 spiro atoms. The van der Waals surface area contributed by atoms with Crippen molar-refractivity contribution in [1.82, 2.24) is 0 Å². The van der Waals surface area contributed by atoms with Gasteiger partial charge in [-0.15, -0.1) is 0 Å². The summed E-state index contributed by atoms with van der Waals surface area (Å²) in [6.45, 7) is 0. The second-order valence-electron chi connectivity index (χ2n) is 9.61. The van der Waals surface area contributed by atoms with Gasteiger partial charge in [-0.1, -0.05) is 48.5 Å². The molecule has 6 heteroatoms. The van der Waals surface area contributed by atoms with Gasteiger partial charge in [-0.25, -0.2) is 8.78 Å². The Kier molecular flexibility index (Phi) is 5.23. The van der Waals surface area contributed by atoms with Gasteiger partial charge < -0.3 is 0 Å². The van der Waals surface area contributed by atoms with Crippen LogP contribution in [0.4, 0.5) is 8.78 Å². The number of hydrogen-bond acceptors (Lipinski definition) is 4. The Hall–Kier alpha value is -5.72. The topological polar surface area (TPSA) is 72.3 Å². The van der Waals surface area contributed by atoms with E-state index >= 15 is 0 Å². The predicted octanol–water partition coefficient (Wildman–Crippen LogP) is 7.55. The van der Waals surface area contributed by atoms with Gasteiger partial charge in [0.05, 0.1) is 10.7 Å². The Balaban J connectivity index is 1.56. The lowest BCUT2D eigenvalue weighted by molar-refractivity contribution is 0.628. The van der Waals surface area contributed by atoms with Gasteiger partial charge in [-0.2, -0.15) is 20.5 Å². The maximum absolute atomic E-state index is 13.9.